The molecule has 1 aliphatic rings. The zero-order valence-corrected chi connectivity index (χ0v) is 12.9. The Balaban J connectivity index is 2.11. The summed E-state index contributed by atoms with van der Waals surface area (Å²) < 4.78 is 0. The first kappa shape index (κ1) is 14.8. The van der Waals surface area contributed by atoms with Crippen LogP contribution in [0.25, 0.3) is 0 Å². The van der Waals surface area contributed by atoms with Gasteiger partial charge in [0.1, 0.15) is 0 Å². The lowest BCUT2D eigenvalue weighted by molar-refractivity contribution is -0.0366. The number of carbonyl (C=O) groups excluding carboxylic acids is 2. The van der Waals surface area contributed by atoms with E-state index in [4.69, 9.17) is 0 Å². The van der Waals surface area contributed by atoms with Crippen molar-refractivity contribution in [1.29, 1.82) is 0 Å². The molecular weight excluding hydrogens is 250 g/mol. The van der Waals surface area contributed by atoms with Gasteiger partial charge in [0, 0.05) is 17.2 Å². The van der Waals surface area contributed by atoms with Crippen LogP contribution in [-0.2, 0) is 0 Å². The van der Waals surface area contributed by atoms with E-state index in [-0.39, 0.29) is 28.6 Å². The van der Waals surface area contributed by atoms with Gasteiger partial charge in [-0.15, -0.1) is 0 Å². The summed E-state index contributed by atoms with van der Waals surface area (Å²) in [5.74, 6) is -0.0517. The second-order valence-corrected chi connectivity index (χ2v) is 7.19. The van der Waals surface area contributed by atoms with Crippen molar-refractivity contribution in [2.24, 2.45) is 10.8 Å². The Bertz CT molecular complexity index is 527. The van der Waals surface area contributed by atoms with Gasteiger partial charge in [-0.3, -0.25) is 9.59 Å². The normalized spacial score (nSPS) is 20.1. The van der Waals surface area contributed by atoms with Gasteiger partial charge in [0.15, 0.2) is 5.78 Å². The minimum atomic E-state index is -0.0639. The fourth-order valence-corrected chi connectivity index (χ4v) is 3.77. The lowest BCUT2D eigenvalue weighted by atomic mass is 9.52. The number of amides is 1. The van der Waals surface area contributed by atoms with Gasteiger partial charge in [-0.2, -0.15) is 0 Å². The Labute approximate surface area is 120 Å². The Morgan fingerprint density at radius 2 is 1.45 bits per heavy atom. The number of nitrogens with one attached hydrogen (secondary N) is 1. The first-order chi connectivity index (χ1) is 9.13. The molecule has 0 unspecified atom stereocenters. The van der Waals surface area contributed by atoms with E-state index < -0.39 is 0 Å². The summed E-state index contributed by atoms with van der Waals surface area (Å²) in [6, 6.07) is 7.01. The van der Waals surface area contributed by atoms with Crippen LogP contribution in [0.1, 0.15) is 61.8 Å². The molecule has 1 aromatic carbocycles. The van der Waals surface area contributed by atoms with Crippen LogP contribution in [0, 0.1) is 10.8 Å². The third kappa shape index (κ3) is 2.62. The van der Waals surface area contributed by atoms with Crippen molar-refractivity contribution in [2.75, 3.05) is 0 Å². The zero-order chi connectivity index (χ0) is 15.1. The van der Waals surface area contributed by atoms with Gasteiger partial charge < -0.3 is 5.32 Å². The summed E-state index contributed by atoms with van der Waals surface area (Å²) in [6.07, 6.45) is 1.11. The molecule has 0 radical (unpaired) electrons. The van der Waals surface area contributed by atoms with Crippen molar-refractivity contribution in [3.8, 4) is 0 Å². The highest BCUT2D eigenvalue weighted by Crippen LogP contribution is 2.53. The standard InChI is InChI=1S/C17H23NO2/c1-11(19)12-6-8-13(9-7-12)14(20)18-15-16(2,3)10-17(15,4)5/h6-9,15H,10H2,1-5H3,(H,18,20). The highest BCUT2D eigenvalue weighted by molar-refractivity contribution is 5.97. The molecule has 1 fully saturated rings. The summed E-state index contributed by atoms with van der Waals surface area (Å²) in [5.41, 5.74) is 1.51. The van der Waals surface area contributed by atoms with Gasteiger partial charge in [-0.1, -0.05) is 39.8 Å². The lowest BCUT2D eigenvalue weighted by Gasteiger charge is -2.57. The van der Waals surface area contributed by atoms with Crippen LogP contribution >= 0.6 is 0 Å². The van der Waals surface area contributed by atoms with Crippen LogP contribution in [0.3, 0.4) is 0 Å². The molecule has 0 aliphatic heterocycles. The maximum atomic E-state index is 12.3. The predicted octanol–water partition coefficient (Wildman–Crippen LogP) is 3.44. The summed E-state index contributed by atoms with van der Waals surface area (Å²) in [6.45, 7) is 10.3. The Morgan fingerprint density at radius 1 is 1.00 bits per heavy atom. The molecule has 20 heavy (non-hydrogen) atoms. The number of hydrogen-bond acceptors (Lipinski definition) is 2. The largest absolute Gasteiger partial charge is 0.348 e. The fourth-order valence-electron chi connectivity index (χ4n) is 3.77. The number of rotatable bonds is 3. The maximum Gasteiger partial charge on any atom is 0.251 e. The molecule has 1 aliphatic carbocycles. The molecule has 108 valence electrons. The number of hydrogen-bond donors (Lipinski definition) is 1. The quantitative estimate of drug-likeness (QED) is 0.857. The fraction of sp³-hybridized carbons (Fsp3) is 0.529. The van der Waals surface area contributed by atoms with Crippen molar-refractivity contribution >= 4 is 11.7 Å². The number of Topliss-reactive ketones (excluding diaryl/α,β-unsaturated/α-hetero) is 1. The maximum absolute atomic E-state index is 12.3. The van der Waals surface area contributed by atoms with E-state index in [1.54, 1.807) is 24.3 Å². The Hall–Kier alpha value is -1.64. The number of ketones is 1. The molecule has 1 N–H and O–H groups in total. The summed E-state index contributed by atoms with van der Waals surface area (Å²) in [7, 11) is 0. The molecule has 0 spiro atoms. The molecule has 1 saturated carbocycles. The van der Waals surface area contributed by atoms with Crippen LogP contribution in [0.15, 0.2) is 24.3 Å². The average molecular weight is 273 g/mol. The average Bonchev–Trinajstić information content (AvgIpc) is 2.34. The first-order valence-corrected chi connectivity index (χ1v) is 7.05. The third-order valence-electron chi connectivity index (χ3n) is 4.30. The molecule has 2 rings (SSSR count). The molecule has 0 aromatic heterocycles. The molecule has 3 nitrogen and oxygen atoms in total. The minimum absolute atomic E-state index is 0.0122. The van der Waals surface area contributed by atoms with Gasteiger partial charge in [-0.05, 0) is 36.3 Å². The molecule has 3 heteroatoms. The SMILES string of the molecule is CC(=O)c1ccc(C(=O)NC2C(C)(C)CC2(C)C)cc1. The lowest BCUT2D eigenvalue weighted by Crippen LogP contribution is -2.63. The monoisotopic (exact) mass is 273 g/mol. The van der Waals surface area contributed by atoms with E-state index >= 15 is 0 Å². The van der Waals surface area contributed by atoms with Gasteiger partial charge in [0.2, 0.25) is 0 Å². The third-order valence-corrected chi connectivity index (χ3v) is 4.30. The van der Waals surface area contributed by atoms with E-state index in [1.165, 1.54) is 6.92 Å². The van der Waals surface area contributed by atoms with Crippen LogP contribution < -0.4 is 5.32 Å². The predicted molar refractivity (Wildman–Crippen MR) is 79.9 cm³/mol. The van der Waals surface area contributed by atoms with Crippen LogP contribution in [0.5, 0.6) is 0 Å². The number of carbonyl (C=O) groups is 2. The molecule has 1 aromatic rings. The van der Waals surface area contributed by atoms with Gasteiger partial charge in [0.25, 0.3) is 5.91 Å². The zero-order valence-electron chi connectivity index (χ0n) is 12.9. The van der Waals surface area contributed by atoms with Crippen LogP contribution in [0.4, 0.5) is 0 Å². The van der Waals surface area contributed by atoms with Crippen molar-refractivity contribution in [3.05, 3.63) is 35.4 Å². The Morgan fingerprint density at radius 3 is 1.85 bits per heavy atom. The molecule has 0 saturated heterocycles. The topological polar surface area (TPSA) is 46.2 Å². The van der Waals surface area contributed by atoms with E-state index in [0.717, 1.165) is 6.42 Å². The summed E-state index contributed by atoms with van der Waals surface area (Å²) in [5, 5.41) is 3.14. The molecule has 1 amide bonds. The molecule has 0 heterocycles. The second-order valence-electron chi connectivity index (χ2n) is 7.19. The van der Waals surface area contributed by atoms with Crippen LogP contribution in [0.2, 0.25) is 0 Å². The minimum Gasteiger partial charge on any atom is -0.348 e. The van der Waals surface area contributed by atoms with Gasteiger partial charge in [-0.25, -0.2) is 0 Å². The Kier molecular flexibility index (Phi) is 3.49. The molecular formula is C17H23NO2. The van der Waals surface area contributed by atoms with Gasteiger partial charge >= 0.3 is 0 Å². The van der Waals surface area contributed by atoms with E-state index in [0.29, 0.717) is 11.1 Å². The van der Waals surface area contributed by atoms with Gasteiger partial charge in [0.05, 0.1) is 0 Å². The highest BCUT2D eigenvalue weighted by Gasteiger charge is 2.53. The first-order valence-electron chi connectivity index (χ1n) is 7.05. The van der Waals surface area contributed by atoms with Crippen molar-refractivity contribution in [1.82, 2.24) is 5.32 Å². The van der Waals surface area contributed by atoms with Crippen molar-refractivity contribution in [2.45, 2.75) is 47.1 Å². The van der Waals surface area contributed by atoms with E-state index in [2.05, 4.69) is 33.0 Å². The van der Waals surface area contributed by atoms with Crippen molar-refractivity contribution in [3.63, 3.8) is 0 Å². The second kappa shape index (κ2) is 4.72. The van der Waals surface area contributed by atoms with E-state index in [1.807, 2.05) is 0 Å². The summed E-state index contributed by atoms with van der Waals surface area (Å²) in [4.78, 5) is 23.5. The van der Waals surface area contributed by atoms with E-state index in [9.17, 15) is 9.59 Å². The van der Waals surface area contributed by atoms with Crippen molar-refractivity contribution < 1.29 is 9.59 Å². The molecule has 0 bridgehead atoms. The number of benzene rings is 1. The highest BCUT2D eigenvalue weighted by atomic mass is 16.1. The van der Waals surface area contributed by atoms with Crippen LogP contribution in [-0.4, -0.2) is 17.7 Å². The molecule has 0 atom stereocenters. The summed E-state index contributed by atoms with van der Waals surface area (Å²) >= 11 is 0. The smallest absolute Gasteiger partial charge is 0.251 e.